The number of hydrogen-bond donors (Lipinski definition) is 0. The average Bonchev–Trinajstić information content (AvgIpc) is 2.90. The van der Waals surface area contributed by atoms with E-state index in [4.69, 9.17) is 0 Å². The summed E-state index contributed by atoms with van der Waals surface area (Å²) in [7, 11) is 0. The van der Waals surface area contributed by atoms with Crippen LogP contribution >= 0.6 is 0 Å². The first-order chi connectivity index (χ1) is 18.6. The third kappa shape index (κ3) is 7.44. The fourth-order valence-electron chi connectivity index (χ4n) is 4.09. The fourth-order valence-corrected chi connectivity index (χ4v) is 4.09. The average molecular weight is 539 g/mol. The number of rotatable bonds is 8. The molecule has 0 fully saturated rings. The van der Waals surface area contributed by atoms with Gasteiger partial charge in [-0.2, -0.15) is 13.2 Å². The number of benzene rings is 4. The van der Waals surface area contributed by atoms with E-state index in [-0.39, 0.29) is 11.1 Å². The van der Waals surface area contributed by atoms with Gasteiger partial charge in [-0.05, 0) is 66.0 Å². The van der Waals surface area contributed by atoms with Gasteiger partial charge >= 0.3 is 6.18 Å². The summed E-state index contributed by atoms with van der Waals surface area (Å²) in [5.74, 6) is 0.613. The molecule has 0 heterocycles. The molecule has 0 spiro atoms. The molecule has 0 atom stereocenters. The van der Waals surface area contributed by atoms with E-state index >= 15 is 4.39 Å². The summed E-state index contributed by atoms with van der Waals surface area (Å²) >= 11 is 0. The van der Waals surface area contributed by atoms with Gasteiger partial charge in [-0.3, -0.25) is 0 Å². The number of allylic oxidation sites excluding steroid dienone is 1. The molecule has 4 aromatic rings. The Balaban J connectivity index is 1.47. The topological polar surface area (TPSA) is 9.23 Å². The van der Waals surface area contributed by atoms with Crippen LogP contribution in [0, 0.1) is 29.3 Å². The lowest BCUT2D eigenvalue weighted by Crippen LogP contribution is -2.20. The van der Waals surface area contributed by atoms with Crippen LogP contribution in [0.15, 0.2) is 79.4 Å². The summed E-state index contributed by atoms with van der Waals surface area (Å²) < 4.78 is 84.4. The van der Waals surface area contributed by atoms with Crippen molar-refractivity contribution in [3.05, 3.63) is 125 Å². The second kappa shape index (κ2) is 12.1. The molecule has 0 saturated carbocycles. The molecule has 0 aromatic heterocycles. The minimum Gasteiger partial charge on any atom is -0.478 e. The lowest BCUT2D eigenvalue weighted by molar-refractivity contribution is -0.154. The van der Waals surface area contributed by atoms with Crippen LogP contribution in [0.3, 0.4) is 0 Å². The Morgan fingerprint density at radius 2 is 1.36 bits per heavy atom. The summed E-state index contributed by atoms with van der Waals surface area (Å²) in [6.07, 6.45) is 0.679. The number of aryl methyl sites for hydroxylation is 3. The van der Waals surface area contributed by atoms with Crippen molar-refractivity contribution >= 4 is 10.8 Å². The molecule has 1 nitrogen and oxygen atoms in total. The van der Waals surface area contributed by atoms with Gasteiger partial charge in [0, 0.05) is 10.9 Å². The van der Waals surface area contributed by atoms with Crippen molar-refractivity contribution in [1.82, 2.24) is 0 Å². The number of halogens is 6. The van der Waals surface area contributed by atoms with Gasteiger partial charge in [0.15, 0.2) is 24.0 Å². The van der Waals surface area contributed by atoms with Gasteiger partial charge < -0.3 is 4.74 Å². The Morgan fingerprint density at radius 3 is 2.00 bits per heavy atom. The first kappa shape index (κ1) is 27.8. The van der Waals surface area contributed by atoms with E-state index in [9.17, 15) is 22.0 Å². The van der Waals surface area contributed by atoms with Crippen LogP contribution in [0.2, 0.25) is 0 Å². The zero-order valence-electron chi connectivity index (χ0n) is 20.8. The maximum atomic E-state index is 15.1. The molecule has 0 radical (unpaired) electrons. The van der Waals surface area contributed by atoms with Crippen LogP contribution in [-0.4, -0.2) is 12.8 Å². The third-order valence-electron chi connectivity index (χ3n) is 6.10. The zero-order valence-corrected chi connectivity index (χ0v) is 20.8. The van der Waals surface area contributed by atoms with Gasteiger partial charge in [0.1, 0.15) is 5.82 Å². The Hall–Kier alpha value is -4.18. The maximum Gasteiger partial charge on any atom is 0.422 e. The summed E-state index contributed by atoms with van der Waals surface area (Å²) in [5.41, 5.74) is 3.37. The molecule has 7 heteroatoms. The van der Waals surface area contributed by atoms with Gasteiger partial charge in [0.2, 0.25) is 0 Å². The molecule has 0 saturated heterocycles. The Labute approximate surface area is 222 Å². The Bertz CT molecular complexity index is 1520. The Kier molecular flexibility index (Phi) is 8.65. The molecule has 39 heavy (non-hydrogen) atoms. The Morgan fingerprint density at radius 1 is 0.744 bits per heavy atom. The van der Waals surface area contributed by atoms with Crippen LogP contribution in [0.4, 0.5) is 26.3 Å². The number of fused-ring (bicyclic) bond motifs is 1. The molecule has 4 aromatic carbocycles. The first-order valence-electron chi connectivity index (χ1n) is 12.2. The largest absolute Gasteiger partial charge is 0.478 e. The standard InChI is InChI=1S/C32H24F6O/c1-2-3-4-21-5-7-22(8-6-21)9-10-23-12-16-27-26(17-23)15-14-25(30(27)35)13-11-24-18-28(33)31(29(34)19-24)39-20-32(36,37)38/h2,5-8,12,14-19H,1,3-4,9-10,20H2. The van der Waals surface area contributed by atoms with E-state index in [1.807, 2.05) is 18.2 Å². The van der Waals surface area contributed by atoms with Crippen molar-refractivity contribution in [2.45, 2.75) is 31.9 Å². The molecule has 0 amide bonds. The zero-order chi connectivity index (χ0) is 28.0. The van der Waals surface area contributed by atoms with Crippen molar-refractivity contribution in [1.29, 1.82) is 0 Å². The highest BCUT2D eigenvalue weighted by Gasteiger charge is 2.29. The van der Waals surface area contributed by atoms with Gasteiger partial charge in [-0.15, -0.1) is 6.58 Å². The maximum absolute atomic E-state index is 15.1. The quantitative estimate of drug-likeness (QED) is 0.124. The first-order valence-corrected chi connectivity index (χ1v) is 12.2. The summed E-state index contributed by atoms with van der Waals surface area (Å²) in [4.78, 5) is 0. The predicted molar refractivity (Wildman–Crippen MR) is 140 cm³/mol. The van der Waals surface area contributed by atoms with Crippen molar-refractivity contribution in [2.75, 3.05) is 6.61 Å². The van der Waals surface area contributed by atoms with E-state index in [1.165, 1.54) is 17.2 Å². The van der Waals surface area contributed by atoms with Crippen molar-refractivity contribution in [3.63, 3.8) is 0 Å². The number of alkyl halides is 3. The van der Waals surface area contributed by atoms with Gasteiger partial charge in [-0.25, -0.2) is 13.2 Å². The highest BCUT2D eigenvalue weighted by atomic mass is 19.4. The number of ether oxygens (including phenoxy) is 1. The molecule has 4 rings (SSSR count). The molecule has 0 unspecified atom stereocenters. The lowest BCUT2D eigenvalue weighted by atomic mass is 9.98. The molecular formula is C32H24F6O. The molecular weight excluding hydrogens is 514 g/mol. The molecule has 0 N–H and O–H groups in total. The van der Waals surface area contributed by atoms with Gasteiger partial charge in [0.05, 0.1) is 5.56 Å². The second-order valence-electron chi connectivity index (χ2n) is 9.05. The predicted octanol–water partition coefficient (Wildman–Crippen LogP) is 8.50. The molecule has 0 bridgehead atoms. The van der Waals surface area contributed by atoms with Crippen molar-refractivity contribution < 1.29 is 31.1 Å². The van der Waals surface area contributed by atoms with Crippen LogP contribution in [-0.2, 0) is 19.3 Å². The minimum atomic E-state index is -4.75. The van der Waals surface area contributed by atoms with Crippen LogP contribution in [0.5, 0.6) is 5.75 Å². The lowest BCUT2D eigenvalue weighted by Gasteiger charge is -2.10. The monoisotopic (exact) mass is 538 g/mol. The van der Waals surface area contributed by atoms with E-state index in [0.29, 0.717) is 10.8 Å². The third-order valence-corrected chi connectivity index (χ3v) is 6.10. The normalized spacial score (nSPS) is 11.2. The van der Waals surface area contributed by atoms with Crippen LogP contribution in [0.25, 0.3) is 10.8 Å². The smallest absolute Gasteiger partial charge is 0.422 e. The summed E-state index contributed by atoms with van der Waals surface area (Å²) in [6.45, 7) is 1.91. The van der Waals surface area contributed by atoms with E-state index in [2.05, 4.69) is 47.4 Å². The minimum absolute atomic E-state index is 0.0185. The van der Waals surface area contributed by atoms with Gasteiger partial charge in [0.25, 0.3) is 0 Å². The highest BCUT2D eigenvalue weighted by molar-refractivity contribution is 5.85. The van der Waals surface area contributed by atoms with E-state index < -0.39 is 36.0 Å². The second-order valence-corrected chi connectivity index (χ2v) is 9.05. The van der Waals surface area contributed by atoms with E-state index in [1.54, 1.807) is 12.1 Å². The molecule has 0 aliphatic heterocycles. The molecule has 0 aliphatic rings. The summed E-state index contributed by atoms with van der Waals surface area (Å²) in [5, 5.41) is 1.05. The highest BCUT2D eigenvalue weighted by Crippen LogP contribution is 2.26. The van der Waals surface area contributed by atoms with Gasteiger partial charge in [-0.1, -0.05) is 66.4 Å². The van der Waals surface area contributed by atoms with E-state index in [0.717, 1.165) is 43.4 Å². The molecule has 200 valence electrons. The van der Waals surface area contributed by atoms with Crippen LogP contribution in [0.1, 0.15) is 34.2 Å². The summed E-state index contributed by atoms with van der Waals surface area (Å²) in [6, 6.07) is 18.6. The number of hydrogen-bond acceptors (Lipinski definition) is 1. The van der Waals surface area contributed by atoms with Crippen molar-refractivity contribution in [2.24, 2.45) is 0 Å². The van der Waals surface area contributed by atoms with Crippen LogP contribution < -0.4 is 4.74 Å². The molecule has 0 aliphatic carbocycles. The fraction of sp³-hybridized carbons (Fsp3) is 0.188. The SMILES string of the molecule is C=CCCc1ccc(CCc2ccc3c(F)c(C#Cc4cc(F)c(OCC(F)(F)F)c(F)c4)ccc3c2)cc1. The van der Waals surface area contributed by atoms with Crippen molar-refractivity contribution in [3.8, 4) is 17.6 Å².